The Morgan fingerprint density at radius 1 is 1.45 bits per heavy atom. The number of hydrogen-bond donors (Lipinski definition) is 2. The van der Waals surface area contributed by atoms with E-state index in [4.69, 9.17) is 5.73 Å². The molecule has 0 saturated heterocycles. The monoisotopic (exact) mass is 275 g/mol. The molecule has 2 rings (SSSR count). The Hall–Kier alpha value is -1.71. The molecule has 1 aromatic carbocycles. The van der Waals surface area contributed by atoms with Crippen LogP contribution in [0.2, 0.25) is 0 Å². The number of anilines is 2. The SMILES string of the molecule is CCNC(=O)c1ccc(N)cc1N(CC1CC1)C(C)C. The van der Waals surface area contributed by atoms with Gasteiger partial charge in [0, 0.05) is 24.8 Å². The predicted octanol–water partition coefficient (Wildman–Crippen LogP) is 2.64. The van der Waals surface area contributed by atoms with E-state index in [2.05, 4.69) is 24.1 Å². The summed E-state index contributed by atoms with van der Waals surface area (Å²) in [5.74, 6) is 0.741. The molecule has 1 aromatic rings. The third-order valence-corrected chi connectivity index (χ3v) is 3.69. The Labute approximate surface area is 121 Å². The molecule has 0 aliphatic heterocycles. The molecule has 4 heteroatoms. The number of nitrogens with zero attached hydrogens (tertiary/aromatic N) is 1. The number of nitrogen functional groups attached to an aromatic ring is 1. The quantitative estimate of drug-likeness (QED) is 0.785. The van der Waals surface area contributed by atoms with Crippen molar-refractivity contribution in [2.24, 2.45) is 5.92 Å². The maximum absolute atomic E-state index is 12.2. The van der Waals surface area contributed by atoms with Gasteiger partial charge in [-0.3, -0.25) is 4.79 Å². The number of carbonyl (C=O) groups is 1. The van der Waals surface area contributed by atoms with E-state index in [1.165, 1.54) is 12.8 Å². The van der Waals surface area contributed by atoms with Crippen LogP contribution in [0.1, 0.15) is 44.0 Å². The highest BCUT2D eigenvalue weighted by Crippen LogP contribution is 2.34. The van der Waals surface area contributed by atoms with E-state index in [0.717, 1.165) is 23.7 Å². The van der Waals surface area contributed by atoms with Crippen LogP contribution in [-0.2, 0) is 0 Å². The average Bonchev–Trinajstić information content (AvgIpc) is 3.19. The summed E-state index contributed by atoms with van der Waals surface area (Å²) in [5, 5.41) is 2.88. The topological polar surface area (TPSA) is 58.4 Å². The number of benzene rings is 1. The van der Waals surface area contributed by atoms with Crippen molar-refractivity contribution in [1.82, 2.24) is 5.32 Å². The van der Waals surface area contributed by atoms with E-state index in [9.17, 15) is 4.79 Å². The van der Waals surface area contributed by atoms with Crippen molar-refractivity contribution in [2.45, 2.75) is 39.7 Å². The zero-order chi connectivity index (χ0) is 14.7. The first kappa shape index (κ1) is 14.7. The van der Waals surface area contributed by atoms with Crippen LogP contribution in [-0.4, -0.2) is 25.0 Å². The van der Waals surface area contributed by atoms with Gasteiger partial charge in [0.2, 0.25) is 0 Å². The van der Waals surface area contributed by atoms with Crippen LogP contribution < -0.4 is 16.0 Å². The van der Waals surface area contributed by atoms with Crippen LogP contribution in [0.25, 0.3) is 0 Å². The molecule has 3 N–H and O–H groups in total. The minimum atomic E-state index is -0.0241. The fourth-order valence-corrected chi connectivity index (χ4v) is 2.40. The van der Waals surface area contributed by atoms with Crippen LogP contribution in [0, 0.1) is 5.92 Å². The highest BCUT2D eigenvalue weighted by Gasteiger charge is 2.27. The van der Waals surface area contributed by atoms with E-state index in [1.807, 2.05) is 19.1 Å². The molecule has 0 aromatic heterocycles. The lowest BCUT2D eigenvalue weighted by atomic mass is 10.1. The Balaban J connectivity index is 2.34. The van der Waals surface area contributed by atoms with Crippen molar-refractivity contribution in [3.63, 3.8) is 0 Å². The van der Waals surface area contributed by atoms with Crippen molar-refractivity contribution < 1.29 is 4.79 Å². The van der Waals surface area contributed by atoms with Gasteiger partial charge in [-0.05, 0) is 57.7 Å². The first-order chi connectivity index (χ1) is 9.52. The van der Waals surface area contributed by atoms with E-state index in [0.29, 0.717) is 18.3 Å². The van der Waals surface area contributed by atoms with Gasteiger partial charge in [0.15, 0.2) is 0 Å². The molecule has 4 nitrogen and oxygen atoms in total. The largest absolute Gasteiger partial charge is 0.399 e. The molecular weight excluding hydrogens is 250 g/mol. The lowest BCUT2D eigenvalue weighted by Gasteiger charge is -2.31. The highest BCUT2D eigenvalue weighted by molar-refractivity contribution is 6.00. The lowest BCUT2D eigenvalue weighted by molar-refractivity contribution is 0.0956. The van der Waals surface area contributed by atoms with E-state index in [1.54, 1.807) is 6.07 Å². The summed E-state index contributed by atoms with van der Waals surface area (Å²) in [5.41, 5.74) is 8.31. The Morgan fingerprint density at radius 3 is 2.70 bits per heavy atom. The molecule has 1 amide bonds. The summed E-state index contributed by atoms with van der Waals surface area (Å²) in [4.78, 5) is 14.5. The van der Waals surface area contributed by atoms with Gasteiger partial charge in [-0.2, -0.15) is 0 Å². The molecule has 20 heavy (non-hydrogen) atoms. The Bertz CT molecular complexity index is 481. The second kappa shape index (κ2) is 6.16. The summed E-state index contributed by atoms with van der Waals surface area (Å²) in [6, 6.07) is 5.90. The summed E-state index contributed by atoms with van der Waals surface area (Å²) >= 11 is 0. The molecule has 110 valence electrons. The number of nitrogens with two attached hydrogens (primary N) is 1. The molecule has 0 heterocycles. The van der Waals surface area contributed by atoms with Gasteiger partial charge in [-0.25, -0.2) is 0 Å². The standard InChI is InChI=1S/C16H25N3O/c1-4-18-16(20)14-8-7-13(17)9-15(14)19(11(2)3)10-12-5-6-12/h7-9,11-12H,4-6,10,17H2,1-3H3,(H,18,20). The summed E-state index contributed by atoms with van der Waals surface area (Å²) in [6.45, 7) is 7.89. The van der Waals surface area contributed by atoms with Gasteiger partial charge in [0.05, 0.1) is 11.3 Å². The number of hydrogen-bond acceptors (Lipinski definition) is 3. The van der Waals surface area contributed by atoms with Gasteiger partial charge in [-0.15, -0.1) is 0 Å². The van der Waals surface area contributed by atoms with Gasteiger partial charge in [0.25, 0.3) is 5.91 Å². The summed E-state index contributed by atoms with van der Waals surface area (Å²) < 4.78 is 0. The number of carbonyl (C=O) groups excluding carboxylic acids is 1. The van der Waals surface area contributed by atoms with Crippen molar-refractivity contribution >= 4 is 17.3 Å². The molecule has 0 unspecified atom stereocenters. The number of amides is 1. The molecule has 0 spiro atoms. The molecule has 0 atom stereocenters. The third-order valence-electron chi connectivity index (χ3n) is 3.69. The van der Waals surface area contributed by atoms with Crippen LogP contribution in [0.4, 0.5) is 11.4 Å². The molecule has 1 saturated carbocycles. The van der Waals surface area contributed by atoms with E-state index < -0.39 is 0 Å². The smallest absolute Gasteiger partial charge is 0.253 e. The summed E-state index contributed by atoms with van der Waals surface area (Å²) in [7, 11) is 0. The highest BCUT2D eigenvalue weighted by atomic mass is 16.1. The molecular formula is C16H25N3O. The third kappa shape index (κ3) is 3.44. The van der Waals surface area contributed by atoms with Crippen LogP contribution in [0.15, 0.2) is 18.2 Å². The molecule has 1 aliphatic carbocycles. The van der Waals surface area contributed by atoms with Crippen molar-refractivity contribution in [1.29, 1.82) is 0 Å². The normalized spacial score (nSPS) is 14.4. The molecule has 0 radical (unpaired) electrons. The van der Waals surface area contributed by atoms with Crippen LogP contribution in [0.3, 0.4) is 0 Å². The van der Waals surface area contributed by atoms with Gasteiger partial charge in [0.1, 0.15) is 0 Å². The fraction of sp³-hybridized carbons (Fsp3) is 0.562. The van der Waals surface area contributed by atoms with Crippen molar-refractivity contribution in [3.8, 4) is 0 Å². The molecule has 1 fully saturated rings. The second-order valence-electron chi connectivity index (χ2n) is 5.83. The first-order valence-electron chi connectivity index (χ1n) is 7.47. The van der Waals surface area contributed by atoms with Gasteiger partial charge in [-0.1, -0.05) is 0 Å². The minimum absolute atomic E-state index is 0.0241. The fourth-order valence-electron chi connectivity index (χ4n) is 2.40. The minimum Gasteiger partial charge on any atom is -0.399 e. The number of rotatable bonds is 6. The number of nitrogens with one attached hydrogen (secondary N) is 1. The van der Waals surface area contributed by atoms with E-state index in [-0.39, 0.29) is 5.91 Å². The van der Waals surface area contributed by atoms with Crippen molar-refractivity contribution in [2.75, 3.05) is 23.7 Å². The maximum Gasteiger partial charge on any atom is 0.253 e. The van der Waals surface area contributed by atoms with E-state index >= 15 is 0 Å². The van der Waals surface area contributed by atoms with Gasteiger partial charge >= 0.3 is 0 Å². The zero-order valence-electron chi connectivity index (χ0n) is 12.6. The Kier molecular flexibility index (Phi) is 4.53. The zero-order valence-corrected chi connectivity index (χ0v) is 12.6. The molecule has 1 aliphatic rings. The maximum atomic E-state index is 12.2. The first-order valence-corrected chi connectivity index (χ1v) is 7.47. The van der Waals surface area contributed by atoms with Crippen LogP contribution in [0.5, 0.6) is 0 Å². The summed E-state index contributed by atoms with van der Waals surface area (Å²) in [6.07, 6.45) is 2.59. The lowest BCUT2D eigenvalue weighted by Crippen LogP contribution is -2.35. The average molecular weight is 275 g/mol. The van der Waals surface area contributed by atoms with Gasteiger partial charge < -0.3 is 16.0 Å². The van der Waals surface area contributed by atoms with Crippen LogP contribution >= 0.6 is 0 Å². The van der Waals surface area contributed by atoms with Crippen molar-refractivity contribution in [3.05, 3.63) is 23.8 Å². The molecule has 0 bridgehead atoms. The Morgan fingerprint density at radius 2 is 2.15 bits per heavy atom. The predicted molar refractivity (Wildman–Crippen MR) is 84.1 cm³/mol. The second-order valence-corrected chi connectivity index (χ2v) is 5.83.